The standard InChI is InChI=1S/C17H18ClN3/c1-20-17(13-4-5-13)15-6-7-21(11-15)10-14-3-2-12(9-19)8-16(14)18/h2-3,6-8,11,13,17,20H,4-5,10H2,1H3. The number of aromatic nitrogens is 1. The lowest BCUT2D eigenvalue weighted by Gasteiger charge is -2.13. The minimum Gasteiger partial charge on any atom is -0.350 e. The van der Waals surface area contributed by atoms with Crippen molar-refractivity contribution in [2.24, 2.45) is 5.92 Å². The van der Waals surface area contributed by atoms with Crippen LogP contribution in [0.1, 0.15) is 35.6 Å². The van der Waals surface area contributed by atoms with Gasteiger partial charge in [-0.05, 0) is 55.1 Å². The molecule has 1 heterocycles. The summed E-state index contributed by atoms with van der Waals surface area (Å²) in [7, 11) is 2.03. The lowest BCUT2D eigenvalue weighted by Crippen LogP contribution is -2.17. The Hall–Kier alpha value is -1.76. The first-order valence-electron chi connectivity index (χ1n) is 7.22. The SMILES string of the molecule is CNC(c1ccn(Cc2ccc(C#N)cc2Cl)c1)C1CC1. The highest BCUT2D eigenvalue weighted by atomic mass is 35.5. The second-order valence-electron chi connectivity index (χ2n) is 5.64. The second kappa shape index (κ2) is 5.93. The minimum atomic E-state index is 0.461. The highest BCUT2D eigenvalue weighted by molar-refractivity contribution is 6.31. The van der Waals surface area contributed by atoms with E-state index in [1.54, 1.807) is 6.07 Å². The fraction of sp³-hybridized carbons (Fsp3) is 0.353. The number of nitrogens with one attached hydrogen (secondary N) is 1. The van der Waals surface area contributed by atoms with E-state index >= 15 is 0 Å². The molecule has 0 bridgehead atoms. The van der Waals surface area contributed by atoms with Gasteiger partial charge in [-0.25, -0.2) is 0 Å². The average molecular weight is 300 g/mol. The van der Waals surface area contributed by atoms with Crippen LogP contribution in [0.3, 0.4) is 0 Å². The zero-order valence-corrected chi connectivity index (χ0v) is 12.8. The number of nitriles is 1. The van der Waals surface area contributed by atoms with E-state index in [4.69, 9.17) is 16.9 Å². The Labute approximate surface area is 130 Å². The number of nitrogens with zero attached hydrogens (tertiary/aromatic N) is 2. The summed E-state index contributed by atoms with van der Waals surface area (Å²) in [5.74, 6) is 0.782. The van der Waals surface area contributed by atoms with Gasteiger partial charge in [-0.15, -0.1) is 0 Å². The first-order chi connectivity index (χ1) is 10.2. The number of rotatable bonds is 5. The van der Waals surface area contributed by atoms with Gasteiger partial charge in [0.05, 0.1) is 11.6 Å². The molecule has 1 aromatic carbocycles. The van der Waals surface area contributed by atoms with Crippen molar-refractivity contribution in [3.05, 3.63) is 58.4 Å². The molecule has 1 aliphatic carbocycles. The van der Waals surface area contributed by atoms with E-state index in [1.165, 1.54) is 18.4 Å². The van der Waals surface area contributed by atoms with Crippen molar-refractivity contribution in [3.8, 4) is 6.07 Å². The fourth-order valence-corrected chi connectivity index (χ4v) is 3.03. The zero-order valence-electron chi connectivity index (χ0n) is 12.0. The van der Waals surface area contributed by atoms with Gasteiger partial charge in [0, 0.05) is 30.0 Å². The summed E-state index contributed by atoms with van der Waals surface area (Å²) in [6.45, 7) is 0.728. The lowest BCUT2D eigenvalue weighted by atomic mass is 10.1. The average Bonchev–Trinajstić information content (AvgIpc) is 3.22. The Bertz CT molecular complexity index is 680. The van der Waals surface area contributed by atoms with Gasteiger partial charge in [-0.2, -0.15) is 5.26 Å². The van der Waals surface area contributed by atoms with Crippen LogP contribution in [0.5, 0.6) is 0 Å². The van der Waals surface area contributed by atoms with E-state index in [1.807, 2.05) is 19.2 Å². The number of halogens is 1. The molecule has 0 spiro atoms. The normalized spacial score (nSPS) is 15.7. The maximum Gasteiger partial charge on any atom is 0.0992 e. The van der Waals surface area contributed by atoms with Gasteiger partial charge in [0.25, 0.3) is 0 Å². The molecule has 4 heteroatoms. The molecule has 0 saturated heterocycles. The summed E-state index contributed by atoms with van der Waals surface area (Å²) < 4.78 is 2.15. The zero-order chi connectivity index (χ0) is 14.8. The largest absolute Gasteiger partial charge is 0.350 e. The van der Waals surface area contributed by atoms with Gasteiger partial charge in [0.2, 0.25) is 0 Å². The molecular formula is C17H18ClN3. The van der Waals surface area contributed by atoms with Crippen molar-refractivity contribution in [2.75, 3.05) is 7.05 Å². The number of hydrogen-bond acceptors (Lipinski definition) is 2. The van der Waals surface area contributed by atoms with E-state index in [-0.39, 0.29) is 0 Å². The van der Waals surface area contributed by atoms with E-state index in [0.29, 0.717) is 16.6 Å². The number of hydrogen-bond donors (Lipinski definition) is 1. The smallest absolute Gasteiger partial charge is 0.0992 e. The molecule has 108 valence electrons. The summed E-state index contributed by atoms with van der Waals surface area (Å²) in [5.41, 5.74) is 2.97. The minimum absolute atomic E-state index is 0.461. The molecular weight excluding hydrogens is 282 g/mol. The van der Waals surface area contributed by atoms with Gasteiger partial charge in [0.15, 0.2) is 0 Å². The van der Waals surface area contributed by atoms with Gasteiger partial charge < -0.3 is 9.88 Å². The molecule has 0 amide bonds. The summed E-state index contributed by atoms with van der Waals surface area (Å²) in [6, 6.07) is 10.2. The van der Waals surface area contributed by atoms with Crippen molar-refractivity contribution in [2.45, 2.75) is 25.4 Å². The van der Waals surface area contributed by atoms with E-state index in [9.17, 15) is 0 Å². The molecule has 1 saturated carbocycles. The first kappa shape index (κ1) is 14.2. The topological polar surface area (TPSA) is 40.8 Å². The van der Waals surface area contributed by atoms with Crippen molar-refractivity contribution >= 4 is 11.6 Å². The second-order valence-corrected chi connectivity index (χ2v) is 6.05. The predicted molar refractivity (Wildman–Crippen MR) is 84.2 cm³/mol. The Morgan fingerprint density at radius 1 is 1.43 bits per heavy atom. The summed E-state index contributed by atoms with van der Waals surface area (Å²) >= 11 is 6.24. The van der Waals surface area contributed by atoms with Gasteiger partial charge in [-0.3, -0.25) is 0 Å². The van der Waals surface area contributed by atoms with Crippen LogP contribution in [0.2, 0.25) is 5.02 Å². The van der Waals surface area contributed by atoms with Crippen LogP contribution >= 0.6 is 11.6 Å². The maximum absolute atomic E-state index is 8.87. The van der Waals surface area contributed by atoms with Crippen molar-refractivity contribution < 1.29 is 0 Å². The highest BCUT2D eigenvalue weighted by Gasteiger charge is 2.31. The molecule has 1 N–H and O–H groups in total. The highest BCUT2D eigenvalue weighted by Crippen LogP contribution is 2.40. The Kier molecular flexibility index (Phi) is 4.01. The van der Waals surface area contributed by atoms with E-state index in [2.05, 4.69) is 34.4 Å². The van der Waals surface area contributed by atoms with Crippen molar-refractivity contribution in [3.63, 3.8) is 0 Å². The Morgan fingerprint density at radius 2 is 2.24 bits per heavy atom. The third kappa shape index (κ3) is 3.12. The third-order valence-electron chi connectivity index (χ3n) is 4.07. The molecule has 1 fully saturated rings. The van der Waals surface area contributed by atoms with Crippen LogP contribution in [0.15, 0.2) is 36.7 Å². The van der Waals surface area contributed by atoms with Crippen LogP contribution in [-0.2, 0) is 6.54 Å². The maximum atomic E-state index is 8.87. The number of benzene rings is 1. The Morgan fingerprint density at radius 3 is 2.86 bits per heavy atom. The predicted octanol–water partition coefficient (Wildman–Crippen LogP) is 3.73. The molecule has 2 aromatic rings. The van der Waals surface area contributed by atoms with Gasteiger partial charge >= 0.3 is 0 Å². The quantitative estimate of drug-likeness (QED) is 0.914. The lowest BCUT2D eigenvalue weighted by molar-refractivity contribution is 0.528. The fourth-order valence-electron chi connectivity index (χ4n) is 2.79. The molecule has 21 heavy (non-hydrogen) atoms. The van der Waals surface area contributed by atoms with E-state index < -0.39 is 0 Å². The van der Waals surface area contributed by atoms with E-state index in [0.717, 1.165) is 18.0 Å². The summed E-state index contributed by atoms with van der Waals surface area (Å²) in [5, 5.41) is 12.9. The van der Waals surface area contributed by atoms with Crippen molar-refractivity contribution in [1.82, 2.24) is 9.88 Å². The van der Waals surface area contributed by atoms with Crippen LogP contribution in [0.25, 0.3) is 0 Å². The molecule has 1 unspecified atom stereocenters. The van der Waals surface area contributed by atoms with Gasteiger partial charge in [0.1, 0.15) is 0 Å². The molecule has 1 atom stereocenters. The summed E-state index contributed by atoms with van der Waals surface area (Å²) in [6.07, 6.45) is 6.92. The Balaban J connectivity index is 1.76. The molecule has 3 rings (SSSR count). The van der Waals surface area contributed by atoms with Crippen molar-refractivity contribution in [1.29, 1.82) is 5.26 Å². The molecule has 1 aliphatic rings. The molecule has 1 aromatic heterocycles. The van der Waals surface area contributed by atoms with Crippen LogP contribution in [0, 0.1) is 17.2 Å². The van der Waals surface area contributed by atoms with Crippen LogP contribution < -0.4 is 5.32 Å². The van der Waals surface area contributed by atoms with Crippen LogP contribution in [0.4, 0.5) is 0 Å². The summed E-state index contributed by atoms with van der Waals surface area (Å²) in [4.78, 5) is 0. The van der Waals surface area contributed by atoms with Gasteiger partial charge in [-0.1, -0.05) is 17.7 Å². The van der Waals surface area contributed by atoms with Crippen LogP contribution in [-0.4, -0.2) is 11.6 Å². The molecule has 0 radical (unpaired) electrons. The first-order valence-corrected chi connectivity index (χ1v) is 7.60. The molecule has 3 nitrogen and oxygen atoms in total. The molecule has 0 aliphatic heterocycles. The third-order valence-corrected chi connectivity index (χ3v) is 4.42. The monoisotopic (exact) mass is 299 g/mol.